The number of halogens is 1. The van der Waals surface area contributed by atoms with Crippen LogP contribution in [0.15, 0.2) is 24.3 Å². The quantitative estimate of drug-likeness (QED) is 0.811. The van der Waals surface area contributed by atoms with Crippen LogP contribution in [-0.2, 0) is 4.74 Å². The normalized spacial score (nSPS) is 17.9. The Labute approximate surface area is 120 Å². The Morgan fingerprint density at radius 2 is 2.17 bits per heavy atom. The monoisotopic (exact) mass is 361 g/mol. The maximum atomic E-state index is 11.5. The van der Waals surface area contributed by atoms with Crippen molar-refractivity contribution < 1.29 is 14.6 Å². The Morgan fingerprint density at radius 1 is 1.50 bits per heavy atom. The summed E-state index contributed by atoms with van der Waals surface area (Å²) in [4.78, 5) is 11.5. The highest BCUT2D eigenvalue weighted by Gasteiger charge is 2.27. The average molecular weight is 361 g/mol. The van der Waals surface area contributed by atoms with Crippen molar-refractivity contribution in [2.75, 3.05) is 0 Å². The SMILES string of the molecule is C[C@H](OC(=O)NC1CC1)[C@@H](O)c1ccccc1I. The number of alkyl carbamates (subject to hydrolysis) is 1. The molecule has 1 saturated carbocycles. The van der Waals surface area contributed by atoms with Crippen molar-refractivity contribution in [1.29, 1.82) is 0 Å². The zero-order valence-electron chi connectivity index (χ0n) is 10.1. The number of carbonyl (C=O) groups excluding carboxylic acids is 1. The van der Waals surface area contributed by atoms with Gasteiger partial charge in [0.1, 0.15) is 12.2 Å². The predicted molar refractivity (Wildman–Crippen MR) is 76.2 cm³/mol. The molecule has 0 spiro atoms. The van der Waals surface area contributed by atoms with Gasteiger partial charge in [-0.1, -0.05) is 18.2 Å². The number of aliphatic hydroxyl groups excluding tert-OH is 1. The first-order valence-corrected chi connectivity index (χ1v) is 7.05. The first-order chi connectivity index (χ1) is 8.58. The molecular weight excluding hydrogens is 345 g/mol. The molecule has 1 aliphatic carbocycles. The Hall–Kier alpha value is -0.820. The molecule has 0 unspecified atom stereocenters. The van der Waals surface area contributed by atoms with Gasteiger partial charge in [-0.25, -0.2) is 4.79 Å². The number of carbonyl (C=O) groups is 1. The van der Waals surface area contributed by atoms with Gasteiger partial charge >= 0.3 is 6.09 Å². The van der Waals surface area contributed by atoms with Gasteiger partial charge in [0.2, 0.25) is 0 Å². The fourth-order valence-electron chi connectivity index (χ4n) is 1.63. The lowest BCUT2D eigenvalue weighted by atomic mass is 10.1. The predicted octanol–water partition coefficient (Wildman–Crippen LogP) is 2.60. The van der Waals surface area contributed by atoms with Gasteiger partial charge in [-0.15, -0.1) is 0 Å². The van der Waals surface area contributed by atoms with Crippen LogP contribution in [0.3, 0.4) is 0 Å². The first-order valence-electron chi connectivity index (χ1n) is 5.97. The van der Waals surface area contributed by atoms with Crippen LogP contribution in [0.1, 0.15) is 31.4 Å². The van der Waals surface area contributed by atoms with Crippen molar-refractivity contribution in [3.05, 3.63) is 33.4 Å². The topological polar surface area (TPSA) is 58.6 Å². The summed E-state index contributed by atoms with van der Waals surface area (Å²) < 4.78 is 6.13. The van der Waals surface area contributed by atoms with Gasteiger partial charge in [0.05, 0.1) is 0 Å². The molecule has 0 bridgehead atoms. The number of hydrogen-bond acceptors (Lipinski definition) is 3. The summed E-state index contributed by atoms with van der Waals surface area (Å²) in [5.74, 6) is 0. The minimum Gasteiger partial charge on any atom is -0.443 e. The van der Waals surface area contributed by atoms with Gasteiger partial charge in [-0.05, 0) is 54.0 Å². The number of hydrogen-bond donors (Lipinski definition) is 2. The molecule has 1 fully saturated rings. The van der Waals surface area contributed by atoms with Crippen molar-refractivity contribution in [3.63, 3.8) is 0 Å². The standard InChI is InChI=1S/C13H16INO3/c1-8(18-13(17)15-9-6-7-9)12(16)10-4-2-3-5-11(10)14/h2-5,8-9,12,16H,6-7H2,1H3,(H,15,17)/t8-,12+/m0/s1. The van der Waals surface area contributed by atoms with E-state index in [-0.39, 0.29) is 6.04 Å². The third-order valence-electron chi connectivity index (χ3n) is 2.86. The third-order valence-corrected chi connectivity index (χ3v) is 3.84. The molecule has 0 radical (unpaired) electrons. The summed E-state index contributed by atoms with van der Waals surface area (Å²) in [5.41, 5.74) is 0.782. The zero-order valence-corrected chi connectivity index (χ0v) is 12.3. The molecule has 2 N–H and O–H groups in total. The van der Waals surface area contributed by atoms with Gasteiger partial charge in [0, 0.05) is 9.61 Å². The number of ether oxygens (including phenoxy) is 1. The maximum absolute atomic E-state index is 11.5. The lowest BCUT2D eigenvalue weighted by Gasteiger charge is -2.20. The van der Waals surface area contributed by atoms with Gasteiger partial charge in [0.15, 0.2) is 0 Å². The van der Waals surface area contributed by atoms with Crippen molar-refractivity contribution >= 4 is 28.7 Å². The van der Waals surface area contributed by atoms with Crippen LogP contribution < -0.4 is 5.32 Å². The van der Waals surface area contributed by atoms with Gasteiger partial charge in [-0.3, -0.25) is 0 Å². The number of benzene rings is 1. The van der Waals surface area contributed by atoms with E-state index in [1.807, 2.05) is 24.3 Å². The molecular formula is C13H16INO3. The van der Waals surface area contributed by atoms with Crippen molar-refractivity contribution in [2.45, 2.75) is 38.0 Å². The Morgan fingerprint density at radius 3 is 2.78 bits per heavy atom. The van der Waals surface area contributed by atoms with Crippen LogP contribution in [0.25, 0.3) is 0 Å². The summed E-state index contributed by atoms with van der Waals surface area (Å²) in [5, 5.41) is 12.9. The molecule has 1 aromatic rings. The molecule has 2 rings (SSSR count). The zero-order chi connectivity index (χ0) is 13.1. The van der Waals surface area contributed by atoms with E-state index >= 15 is 0 Å². The van der Waals surface area contributed by atoms with E-state index in [2.05, 4.69) is 27.9 Å². The molecule has 1 aromatic carbocycles. The second kappa shape index (κ2) is 5.88. The molecule has 0 aromatic heterocycles. The summed E-state index contributed by atoms with van der Waals surface area (Å²) in [7, 11) is 0. The van der Waals surface area contributed by atoms with Crippen molar-refractivity contribution in [1.82, 2.24) is 5.32 Å². The van der Waals surface area contributed by atoms with Crippen LogP contribution in [-0.4, -0.2) is 23.3 Å². The third kappa shape index (κ3) is 3.58. The molecule has 0 aliphatic heterocycles. The molecule has 5 heteroatoms. The van der Waals surface area contributed by atoms with Crippen molar-refractivity contribution in [3.8, 4) is 0 Å². The minimum absolute atomic E-state index is 0.263. The highest BCUT2D eigenvalue weighted by atomic mass is 127. The molecule has 4 nitrogen and oxygen atoms in total. The molecule has 1 aliphatic rings. The van der Waals surface area contributed by atoms with Crippen LogP contribution in [0.4, 0.5) is 4.79 Å². The molecule has 98 valence electrons. The van der Waals surface area contributed by atoms with Crippen LogP contribution >= 0.6 is 22.6 Å². The minimum atomic E-state index is -0.803. The molecule has 18 heavy (non-hydrogen) atoms. The average Bonchev–Trinajstić information content (AvgIpc) is 3.12. The molecule has 2 atom stereocenters. The number of rotatable bonds is 4. The largest absolute Gasteiger partial charge is 0.443 e. The van der Waals surface area contributed by atoms with E-state index in [0.29, 0.717) is 0 Å². The van der Waals surface area contributed by atoms with Crippen LogP contribution in [0.2, 0.25) is 0 Å². The smallest absolute Gasteiger partial charge is 0.407 e. The number of nitrogens with one attached hydrogen (secondary N) is 1. The molecule has 1 amide bonds. The Balaban J connectivity index is 1.93. The van der Waals surface area contributed by atoms with Crippen LogP contribution in [0, 0.1) is 3.57 Å². The number of amides is 1. The van der Waals surface area contributed by atoms with Crippen molar-refractivity contribution in [2.24, 2.45) is 0 Å². The highest BCUT2D eigenvalue weighted by molar-refractivity contribution is 14.1. The van der Waals surface area contributed by atoms with Gasteiger partial charge < -0.3 is 15.2 Å². The Bertz CT molecular complexity index is 434. The van der Waals surface area contributed by atoms with Gasteiger partial charge in [0.25, 0.3) is 0 Å². The second-order valence-electron chi connectivity index (χ2n) is 4.50. The van der Waals surface area contributed by atoms with E-state index in [9.17, 15) is 9.90 Å². The lowest BCUT2D eigenvalue weighted by Crippen LogP contribution is -2.32. The van der Waals surface area contributed by atoms with E-state index in [0.717, 1.165) is 22.0 Å². The maximum Gasteiger partial charge on any atom is 0.407 e. The lowest BCUT2D eigenvalue weighted by molar-refractivity contribution is 0.0113. The van der Waals surface area contributed by atoms with E-state index in [4.69, 9.17) is 4.74 Å². The van der Waals surface area contributed by atoms with E-state index in [1.54, 1.807) is 6.92 Å². The molecule has 0 heterocycles. The van der Waals surface area contributed by atoms with E-state index < -0.39 is 18.3 Å². The summed E-state index contributed by atoms with van der Waals surface area (Å²) in [6.45, 7) is 1.69. The Kier molecular flexibility index (Phi) is 4.45. The van der Waals surface area contributed by atoms with Gasteiger partial charge in [-0.2, -0.15) is 0 Å². The first kappa shape index (κ1) is 13.6. The van der Waals surface area contributed by atoms with E-state index in [1.165, 1.54) is 0 Å². The summed E-state index contributed by atoms with van der Waals surface area (Å²) >= 11 is 2.16. The summed E-state index contributed by atoms with van der Waals surface area (Å²) in [6.07, 6.45) is 0.211. The summed E-state index contributed by atoms with van der Waals surface area (Å²) in [6, 6.07) is 7.78. The second-order valence-corrected chi connectivity index (χ2v) is 5.66. The number of aliphatic hydroxyl groups is 1. The molecule has 0 saturated heterocycles. The van der Waals surface area contributed by atoms with Crippen LogP contribution in [0.5, 0.6) is 0 Å². The highest BCUT2D eigenvalue weighted by Crippen LogP contribution is 2.24. The fourth-order valence-corrected chi connectivity index (χ4v) is 2.34. The fraction of sp³-hybridized carbons (Fsp3) is 0.462.